The molecule has 23 heavy (non-hydrogen) atoms. The minimum Gasteiger partial charge on any atom is -0.352 e. The van der Waals surface area contributed by atoms with E-state index in [0.717, 1.165) is 50.6 Å². The third-order valence-electron chi connectivity index (χ3n) is 4.32. The quantitative estimate of drug-likeness (QED) is 0.867. The molecule has 1 saturated carbocycles. The van der Waals surface area contributed by atoms with Crippen LogP contribution in [-0.4, -0.2) is 61.0 Å². The van der Waals surface area contributed by atoms with Gasteiger partial charge in [-0.15, -0.1) is 0 Å². The lowest BCUT2D eigenvalue weighted by atomic mass is 10.2. The molecule has 1 aliphatic carbocycles. The van der Waals surface area contributed by atoms with Gasteiger partial charge < -0.3 is 5.32 Å². The Morgan fingerprint density at radius 2 is 1.78 bits per heavy atom. The van der Waals surface area contributed by atoms with E-state index in [1.807, 2.05) is 24.3 Å². The smallest absolute Gasteiger partial charge is 0.234 e. The van der Waals surface area contributed by atoms with E-state index >= 15 is 0 Å². The Morgan fingerprint density at radius 3 is 2.43 bits per heavy atom. The Hall–Kier alpha value is -1.36. The molecule has 0 unspecified atom stereocenters. The van der Waals surface area contributed by atoms with Crippen molar-refractivity contribution >= 4 is 23.6 Å². The van der Waals surface area contributed by atoms with Gasteiger partial charge in [-0.2, -0.15) is 0 Å². The Kier molecular flexibility index (Phi) is 5.70. The second kappa shape index (κ2) is 7.95. The molecule has 1 amide bonds. The van der Waals surface area contributed by atoms with E-state index in [4.69, 9.17) is 11.6 Å². The van der Waals surface area contributed by atoms with Crippen LogP contribution in [-0.2, 0) is 4.79 Å². The molecule has 0 bridgehead atoms. The number of hydrogen-bond acceptors (Lipinski definition) is 3. The van der Waals surface area contributed by atoms with Crippen LogP contribution in [0.3, 0.4) is 0 Å². The van der Waals surface area contributed by atoms with Crippen molar-refractivity contribution in [2.75, 3.05) is 39.3 Å². The largest absolute Gasteiger partial charge is 0.352 e. The van der Waals surface area contributed by atoms with Crippen LogP contribution in [0.2, 0.25) is 5.02 Å². The van der Waals surface area contributed by atoms with Crippen molar-refractivity contribution in [3.8, 4) is 0 Å². The van der Waals surface area contributed by atoms with Crippen LogP contribution < -0.4 is 5.32 Å². The summed E-state index contributed by atoms with van der Waals surface area (Å²) in [4.78, 5) is 16.5. The van der Waals surface area contributed by atoms with E-state index in [9.17, 15) is 4.79 Å². The molecular weight excluding hydrogens is 310 g/mol. The molecule has 4 nitrogen and oxygen atoms in total. The highest BCUT2D eigenvalue weighted by atomic mass is 35.5. The van der Waals surface area contributed by atoms with Crippen molar-refractivity contribution in [1.29, 1.82) is 0 Å². The van der Waals surface area contributed by atoms with Crippen LogP contribution in [0, 0.1) is 0 Å². The fourth-order valence-electron chi connectivity index (χ4n) is 2.75. The molecule has 1 N–H and O–H groups in total. The SMILES string of the molecule is O=C(CN1CCN(C/C=C/c2ccc(Cl)cc2)CC1)NC1CC1. The molecule has 0 radical (unpaired) electrons. The van der Waals surface area contributed by atoms with Gasteiger partial charge in [-0.1, -0.05) is 35.9 Å². The number of halogens is 1. The predicted molar refractivity (Wildman–Crippen MR) is 94.5 cm³/mol. The highest BCUT2D eigenvalue weighted by molar-refractivity contribution is 6.30. The van der Waals surface area contributed by atoms with Crippen molar-refractivity contribution in [3.63, 3.8) is 0 Å². The molecule has 5 heteroatoms. The summed E-state index contributed by atoms with van der Waals surface area (Å²) in [5.41, 5.74) is 1.17. The number of benzene rings is 1. The Labute approximate surface area is 143 Å². The number of nitrogens with one attached hydrogen (secondary N) is 1. The lowest BCUT2D eigenvalue weighted by molar-refractivity contribution is -0.122. The van der Waals surface area contributed by atoms with Gasteiger partial charge in [-0.05, 0) is 30.5 Å². The molecule has 1 aromatic carbocycles. The first-order valence-electron chi connectivity index (χ1n) is 8.35. The number of nitrogens with zero attached hydrogens (tertiary/aromatic N) is 2. The average Bonchev–Trinajstić information content (AvgIpc) is 3.35. The number of hydrogen-bond donors (Lipinski definition) is 1. The zero-order chi connectivity index (χ0) is 16.1. The number of amides is 1. The first-order chi connectivity index (χ1) is 11.2. The van der Waals surface area contributed by atoms with Crippen LogP contribution in [0.5, 0.6) is 0 Å². The number of piperazine rings is 1. The lowest BCUT2D eigenvalue weighted by Gasteiger charge is -2.33. The summed E-state index contributed by atoms with van der Waals surface area (Å²) in [5, 5.41) is 3.82. The predicted octanol–water partition coefficient (Wildman–Crippen LogP) is 2.25. The van der Waals surface area contributed by atoms with Crippen LogP contribution in [0.1, 0.15) is 18.4 Å². The minimum absolute atomic E-state index is 0.184. The topological polar surface area (TPSA) is 35.6 Å². The number of rotatable bonds is 6. The molecule has 1 aromatic rings. The molecule has 1 aliphatic heterocycles. The molecule has 3 rings (SSSR count). The number of carbonyl (C=O) groups excluding carboxylic acids is 1. The summed E-state index contributed by atoms with van der Waals surface area (Å²) < 4.78 is 0. The maximum atomic E-state index is 11.8. The first kappa shape index (κ1) is 16.5. The van der Waals surface area contributed by atoms with E-state index in [2.05, 4.69) is 27.3 Å². The second-order valence-electron chi connectivity index (χ2n) is 6.37. The minimum atomic E-state index is 0.184. The van der Waals surface area contributed by atoms with Crippen molar-refractivity contribution in [2.45, 2.75) is 18.9 Å². The van der Waals surface area contributed by atoms with Gasteiger partial charge in [0.15, 0.2) is 0 Å². The highest BCUT2D eigenvalue weighted by Gasteiger charge is 2.25. The standard InChI is InChI=1S/C18H24ClN3O/c19-16-5-3-15(4-6-16)2-1-9-21-10-12-22(13-11-21)14-18(23)20-17-7-8-17/h1-6,17H,7-14H2,(H,20,23)/b2-1+. The summed E-state index contributed by atoms with van der Waals surface area (Å²) >= 11 is 5.88. The first-order valence-corrected chi connectivity index (χ1v) is 8.73. The van der Waals surface area contributed by atoms with Crippen LogP contribution in [0.25, 0.3) is 6.08 Å². The highest BCUT2D eigenvalue weighted by Crippen LogP contribution is 2.18. The molecule has 0 spiro atoms. The molecule has 1 heterocycles. The van der Waals surface area contributed by atoms with Gasteiger partial charge in [-0.3, -0.25) is 14.6 Å². The van der Waals surface area contributed by atoms with Crippen molar-refractivity contribution < 1.29 is 4.79 Å². The zero-order valence-electron chi connectivity index (χ0n) is 13.4. The monoisotopic (exact) mass is 333 g/mol. The Bertz CT molecular complexity index is 546. The molecule has 1 saturated heterocycles. The van der Waals surface area contributed by atoms with Crippen LogP contribution >= 0.6 is 11.6 Å². The van der Waals surface area contributed by atoms with Crippen molar-refractivity contribution in [2.24, 2.45) is 0 Å². The molecule has 2 fully saturated rings. The maximum absolute atomic E-state index is 11.8. The van der Waals surface area contributed by atoms with Crippen molar-refractivity contribution in [1.82, 2.24) is 15.1 Å². The molecular formula is C18H24ClN3O. The molecule has 2 aliphatic rings. The van der Waals surface area contributed by atoms with E-state index < -0.39 is 0 Å². The third kappa shape index (κ3) is 5.65. The average molecular weight is 334 g/mol. The third-order valence-corrected chi connectivity index (χ3v) is 4.57. The molecule has 0 atom stereocenters. The summed E-state index contributed by atoms with van der Waals surface area (Å²) in [6.07, 6.45) is 6.63. The lowest BCUT2D eigenvalue weighted by Crippen LogP contribution is -2.49. The Balaban J connectivity index is 1.35. The Morgan fingerprint density at radius 1 is 1.13 bits per heavy atom. The van der Waals surface area contributed by atoms with E-state index in [1.165, 1.54) is 5.56 Å². The van der Waals surface area contributed by atoms with E-state index in [0.29, 0.717) is 12.6 Å². The summed E-state index contributed by atoms with van der Waals surface area (Å²) in [5.74, 6) is 0.184. The molecule has 0 aromatic heterocycles. The fourth-order valence-corrected chi connectivity index (χ4v) is 2.87. The second-order valence-corrected chi connectivity index (χ2v) is 6.81. The van der Waals surface area contributed by atoms with E-state index in [-0.39, 0.29) is 5.91 Å². The van der Waals surface area contributed by atoms with Gasteiger partial charge >= 0.3 is 0 Å². The summed E-state index contributed by atoms with van der Waals surface area (Å²) in [6.45, 7) is 5.46. The summed E-state index contributed by atoms with van der Waals surface area (Å²) in [7, 11) is 0. The van der Waals surface area contributed by atoms with Crippen molar-refractivity contribution in [3.05, 3.63) is 40.9 Å². The van der Waals surface area contributed by atoms with Gasteiger partial charge in [0.1, 0.15) is 0 Å². The van der Waals surface area contributed by atoms with Gasteiger partial charge in [0.25, 0.3) is 0 Å². The van der Waals surface area contributed by atoms with Crippen LogP contribution in [0.15, 0.2) is 30.3 Å². The zero-order valence-corrected chi connectivity index (χ0v) is 14.1. The van der Waals surface area contributed by atoms with Crippen LogP contribution in [0.4, 0.5) is 0 Å². The van der Waals surface area contributed by atoms with Gasteiger partial charge in [0, 0.05) is 43.8 Å². The maximum Gasteiger partial charge on any atom is 0.234 e. The summed E-state index contributed by atoms with van der Waals surface area (Å²) in [6, 6.07) is 8.32. The normalized spacial score (nSPS) is 20.0. The van der Waals surface area contributed by atoms with Gasteiger partial charge in [-0.25, -0.2) is 0 Å². The van der Waals surface area contributed by atoms with Gasteiger partial charge in [0.2, 0.25) is 5.91 Å². The van der Waals surface area contributed by atoms with E-state index in [1.54, 1.807) is 0 Å². The molecule has 124 valence electrons. The fraction of sp³-hybridized carbons (Fsp3) is 0.500. The van der Waals surface area contributed by atoms with Gasteiger partial charge in [0.05, 0.1) is 6.54 Å². The number of carbonyl (C=O) groups is 1.